The van der Waals surface area contributed by atoms with Crippen LogP contribution in [0, 0.1) is 20.2 Å². The summed E-state index contributed by atoms with van der Waals surface area (Å²) >= 11 is 0. The zero-order valence-corrected chi connectivity index (χ0v) is 19.0. The van der Waals surface area contributed by atoms with Gasteiger partial charge >= 0.3 is 6.16 Å². The van der Waals surface area contributed by atoms with Gasteiger partial charge in [0.1, 0.15) is 11.9 Å². The lowest BCUT2D eigenvalue weighted by Crippen LogP contribution is -2.22. The number of anilines is 1. The van der Waals surface area contributed by atoms with Crippen molar-refractivity contribution in [3.05, 3.63) is 92.5 Å². The lowest BCUT2D eigenvalue weighted by molar-refractivity contribution is -0.386. The number of hydrogen-bond donors (Lipinski definition) is 0. The van der Waals surface area contributed by atoms with Gasteiger partial charge in [-0.1, -0.05) is 12.1 Å². The van der Waals surface area contributed by atoms with Crippen LogP contribution in [0.25, 0.3) is 11.1 Å². The second kappa shape index (κ2) is 10.4. The largest absolute Gasteiger partial charge is 0.514 e. The van der Waals surface area contributed by atoms with E-state index in [1.165, 1.54) is 49.1 Å². The van der Waals surface area contributed by atoms with Crippen LogP contribution in [0.15, 0.2) is 66.7 Å². The minimum Gasteiger partial charge on any atom is -0.426 e. The molecule has 0 aliphatic heterocycles. The summed E-state index contributed by atoms with van der Waals surface area (Å²) in [6.45, 7) is 2.92. The summed E-state index contributed by atoms with van der Waals surface area (Å²) in [5, 5.41) is 22.3. The van der Waals surface area contributed by atoms with E-state index < -0.39 is 22.1 Å². The molecule has 0 radical (unpaired) electrons. The minimum absolute atomic E-state index is 0.0201. The molecule has 0 aliphatic rings. The fraction of sp³-hybridized carbons (Fsp3) is 0.167. The van der Waals surface area contributed by atoms with E-state index in [4.69, 9.17) is 9.47 Å². The van der Waals surface area contributed by atoms with Gasteiger partial charge in [0.2, 0.25) is 5.91 Å². The smallest absolute Gasteiger partial charge is 0.426 e. The summed E-state index contributed by atoms with van der Waals surface area (Å²) in [5.41, 5.74) is 1.81. The van der Waals surface area contributed by atoms with Gasteiger partial charge in [0.05, 0.1) is 15.4 Å². The first-order valence-corrected chi connectivity index (χ1v) is 10.3. The molecule has 0 N–H and O–H groups in total. The molecular weight excluding hydrogens is 458 g/mol. The Labute approximate surface area is 199 Å². The molecule has 3 aromatic carbocycles. The fourth-order valence-corrected chi connectivity index (χ4v) is 3.25. The Morgan fingerprint density at radius 1 is 0.886 bits per heavy atom. The normalized spacial score (nSPS) is 11.3. The molecule has 180 valence electrons. The first-order chi connectivity index (χ1) is 16.6. The van der Waals surface area contributed by atoms with Crippen LogP contribution >= 0.6 is 0 Å². The zero-order valence-electron chi connectivity index (χ0n) is 19.0. The van der Waals surface area contributed by atoms with Gasteiger partial charge in [-0.05, 0) is 54.4 Å². The maximum atomic E-state index is 12.2. The average Bonchev–Trinajstić information content (AvgIpc) is 2.83. The van der Waals surface area contributed by atoms with Crippen molar-refractivity contribution in [2.24, 2.45) is 0 Å². The summed E-state index contributed by atoms with van der Waals surface area (Å²) in [6.07, 6.45) is -2.16. The second-order valence-electron chi connectivity index (χ2n) is 7.52. The summed E-state index contributed by atoms with van der Waals surface area (Å²) in [7, 11) is 1.65. The van der Waals surface area contributed by atoms with Crippen molar-refractivity contribution in [1.82, 2.24) is 0 Å². The number of carbonyl (C=O) groups excluding carboxylic acids is 2. The topological polar surface area (TPSA) is 142 Å². The SMILES string of the molecule is CC(=O)N(C)c1ccc(-c2ccc([N+](=O)[O-])c(C(C)OC(=O)Oc3ccc([N+](=O)[O-])cc3)c2)cc1. The van der Waals surface area contributed by atoms with Crippen LogP contribution in [0.1, 0.15) is 25.5 Å². The molecule has 0 heterocycles. The molecule has 3 aromatic rings. The Morgan fingerprint density at radius 2 is 1.49 bits per heavy atom. The Morgan fingerprint density at radius 3 is 2.03 bits per heavy atom. The van der Waals surface area contributed by atoms with E-state index >= 15 is 0 Å². The van der Waals surface area contributed by atoms with Gasteiger partial charge in [-0.25, -0.2) is 4.79 Å². The molecule has 1 atom stereocenters. The Kier molecular flexibility index (Phi) is 7.40. The molecule has 0 spiro atoms. The van der Waals surface area contributed by atoms with Gasteiger partial charge in [-0.2, -0.15) is 0 Å². The number of carbonyl (C=O) groups is 2. The maximum Gasteiger partial charge on any atom is 0.514 e. The van der Waals surface area contributed by atoms with Crippen molar-refractivity contribution in [3.63, 3.8) is 0 Å². The Balaban J connectivity index is 1.81. The molecule has 11 nitrogen and oxygen atoms in total. The quantitative estimate of drug-likeness (QED) is 0.189. The van der Waals surface area contributed by atoms with Gasteiger partial charge < -0.3 is 14.4 Å². The lowest BCUT2D eigenvalue weighted by Gasteiger charge is -2.16. The van der Waals surface area contributed by atoms with Gasteiger partial charge in [-0.3, -0.25) is 25.0 Å². The number of nitrogens with zero attached hydrogens (tertiary/aromatic N) is 3. The number of ether oxygens (including phenoxy) is 2. The van der Waals surface area contributed by atoms with E-state index in [-0.39, 0.29) is 28.6 Å². The van der Waals surface area contributed by atoms with Crippen molar-refractivity contribution in [2.75, 3.05) is 11.9 Å². The molecule has 1 amide bonds. The number of hydrogen-bond acceptors (Lipinski definition) is 8. The predicted octanol–water partition coefficient (Wildman–Crippen LogP) is 5.43. The van der Waals surface area contributed by atoms with Crippen molar-refractivity contribution in [3.8, 4) is 16.9 Å². The summed E-state index contributed by atoms with van der Waals surface area (Å²) in [5.74, 6) is -0.103. The molecule has 0 aliphatic carbocycles. The number of non-ortho nitro benzene ring substituents is 1. The highest BCUT2D eigenvalue weighted by Crippen LogP contribution is 2.33. The van der Waals surface area contributed by atoms with Gasteiger partial charge in [0.15, 0.2) is 0 Å². The first-order valence-electron chi connectivity index (χ1n) is 10.3. The molecule has 0 bridgehead atoms. The molecule has 0 saturated heterocycles. The summed E-state index contributed by atoms with van der Waals surface area (Å²) in [6, 6.07) is 16.3. The third-order valence-corrected chi connectivity index (χ3v) is 5.24. The number of benzene rings is 3. The van der Waals surface area contributed by atoms with Crippen LogP contribution in [-0.2, 0) is 9.53 Å². The van der Waals surface area contributed by atoms with Crippen LogP contribution in [0.3, 0.4) is 0 Å². The number of nitro groups is 2. The van der Waals surface area contributed by atoms with Crippen molar-refractivity contribution in [2.45, 2.75) is 20.0 Å². The third kappa shape index (κ3) is 5.96. The molecular formula is C24H21N3O8. The lowest BCUT2D eigenvalue weighted by atomic mass is 9.99. The van der Waals surface area contributed by atoms with Gasteiger partial charge in [0.25, 0.3) is 11.4 Å². The summed E-state index contributed by atoms with van der Waals surface area (Å²) in [4.78, 5) is 46.4. The second-order valence-corrected chi connectivity index (χ2v) is 7.52. The maximum absolute atomic E-state index is 12.2. The van der Waals surface area contributed by atoms with E-state index in [2.05, 4.69) is 0 Å². The molecule has 0 saturated carbocycles. The Bertz CT molecular complexity index is 1270. The number of amides is 1. The van der Waals surface area contributed by atoms with E-state index in [1.807, 2.05) is 0 Å². The van der Waals surface area contributed by atoms with E-state index in [9.17, 15) is 29.8 Å². The predicted molar refractivity (Wildman–Crippen MR) is 126 cm³/mol. The van der Waals surface area contributed by atoms with Crippen molar-refractivity contribution in [1.29, 1.82) is 0 Å². The van der Waals surface area contributed by atoms with Crippen LogP contribution in [0.2, 0.25) is 0 Å². The Hall–Kier alpha value is -4.80. The van der Waals surface area contributed by atoms with Gasteiger partial charge in [0, 0.05) is 37.9 Å². The standard InChI is InChI=1S/C24H21N3O8/c1-15(34-24(29)35-21-11-9-20(10-12-21)26(30)31)22-14-18(6-13-23(22)27(32)33)17-4-7-19(8-5-17)25(3)16(2)28/h4-15H,1-3H3. The highest BCUT2D eigenvalue weighted by molar-refractivity contribution is 5.91. The molecule has 35 heavy (non-hydrogen) atoms. The number of rotatable bonds is 7. The molecule has 11 heteroatoms. The van der Waals surface area contributed by atoms with Gasteiger partial charge in [-0.15, -0.1) is 0 Å². The van der Waals surface area contributed by atoms with Crippen molar-refractivity contribution < 1.29 is 28.9 Å². The number of nitro benzene ring substituents is 2. The van der Waals surface area contributed by atoms with E-state index in [1.54, 1.807) is 43.4 Å². The third-order valence-electron chi connectivity index (χ3n) is 5.24. The monoisotopic (exact) mass is 479 g/mol. The van der Waals surface area contributed by atoms with Crippen LogP contribution in [-0.4, -0.2) is 29.0 Å². The highest BCUT2D eigenvalue weighted by Gasteiger charge is 2.24. The first kappa shape index (κ1) is 24.8. The molecule has 3 rings (SSSR count). The molecule has 0 fully saturated rings. The zero-order chi connectivity index (χ0) is 25.7. The molecule has 0 aromatic heterocycles. The van der Waals surface area contributed by atoms with Crippen LogP contribution in [0.4, 0.5) is 21.9 Å². The minimum atomic E-state index is -1.12. The van der Waals surface area contributed by atoms with Crippen LogP contribution in [0.5, 0.6) is 5.75 Å². The highest BCUT2D eigenvalue weighted by atomic mass is 16.7. The van der Waals surface area contributed by atoms with Crippen molar-refractivity contribution >= 4 is 29.1 Å². The summed E-state index contributed by atoms with van der Waals surface area (Å²) < 4.78 is 10.3. The molecule has 1 unspecified atom stereocenters. The van der Waals surface area contributed by atoms with E-state index in [0.717, 1.165) is 5.56 Å². The van der Waals surface area contributed by atoms with E-state index in [0.29, 0.717) is 11.3 Å². The average molecular weight is 479 g/mol. The fourth-order valence-electron chi connectivity index (χ4n) is 3.25. The van der Waals surface area contributed by atoms with Crippen LogP contribution < -0.4 is 9.64 Å².